The lowest BCUT2D eigenvalue weighted by Crippen LogP contribution is -2.61. The van der Waals surface area contributed by atoms with Gasteiger partial charge in [-0.15, -0.1) is 0 Å². The van der Waals surface area contributed by atoms with E-state index in [4.69, 9.17) is 18.9 Å². The second-order valence-electron chi connectivity index (χ2n) is 13.4. The van der Waals surface area contributed by atoms with Gasteiger partial charge in [0, 0.05) is 19.8 Å². The fraction of sp³-hybridized carbons (Fsp3) is 1.00. The van der Waals surface area contributed by atoms with Crippen molar-refractivity contribution in [1.82, 2.24) is 0 Å². The number of ether oxygens (including phenoxy) is 4. The summed E-state index contributed by atoms with van der Waals surface area (Å²) in [6.45, 7) is 8.29. The minimum atomic E-state index is -0.935. The Morgan fingerprint density at radius 1 is 0.432 bits per heavy atom. The molecule has 5 atom stereocenters. The van der Waals surface area contributed by atoms with Crippen molar-refractivity contribution in [1.29, 1.82) is 0 Å². The maximum atomic E-state index is 11.1. The van der Waals surface area contributed by atoms with Crippen molar-refractivity contribution >= 4 is 0 Å². The highest BCUT2D eigenvalue weighted by molar-refractivity contribution is 4.91. The minimum absolute atomic E-state index is 0.263. The van der Waals surface area contributed by atoms with Crippen LogP contribution in [0.25, 0.3) is 0 Å². The van der Waals surface area contributed by atoms with Crippen LogP contribution in [0.3, 0.4) is 0 Å². The van der Waals surface area contributed by atoms with Crippen LogP contribution in [-0.2, 0) is 18.9 Å². The molecule has 0 aromatic rings. The van der Waals surface area contributed by atoms with Gasteiger partial charge >= 0.3 is 0 Å². The molecule has 0 aromatic carbocycles. The Balaban J connectivity index is 2.51. The second-order valence-corrected chi connectivity index (χ2v) is 13.4. The standard InChI is InChI=1S/C38H76O6/c1-4-7-10-13-16-18-20-22-25-27-30-41-36-35(40)34(33-39)44-38(43-32-29-24-15-12-9-6-3)37(36)42-31-28-26-23-21-19-17-14-11-8-5-2/h34-40H,4-33H2,1-3H3/t34-,35+,36+,37-,38-/m1/s1. The zero-order valence-electron chi connectivity index (χ0n) is 29.6. The first kappa shape index (κ1) is 41.8. The van der Waals surface area contributed by atoms with Crippen molar-refractivity contribution in [2.24, 2.45) is 0 Å². The lowest BCUT2D eigenvalue weighted by molar-refractivity contribution is -0.316. The average Bonchev–Trinajstić information content (AvgIpc) is 3.03. The summed E-state index contributed by atoms with van der Waals surface area (Å²) >= 11 is 0. The lowest BCUT2D eigenvalue weighted by Gasteiger charge is -2.43. The largest absolute Gasteiger partial charge is 0.394 e. The number of aliphatic hydroxyl groups excluding tert-OH is 2. The fourth-order valence-corrected chi connectivity index (χ4v) is 6.24. The molecule has 2 N–H and O–H groups in total. The molecule has 0 aliphatic carbocycles. The van der Waals surface area contributed by atoms with E-state index in [0.717, 1.165) is 38.5 Å². The van der Waals surface area contributed by atoms with E-state index in [1.54, 1.807) is 0 Å². The highest BCUT2D eigenvalue weighted by atomic mass is 16.7. The summed E-state index contributed by atoms with van der Waals surface area (Å²) in [5.41, 5.74) is 0. The number of rotatable bonds is 33. The lowest BCUT2D eigenvalue weighted by atomic mass is 9.98. The highest BCUT2D eigenvalue weighted by Crippen LogP contribution is 2.28. The van der Waals surface area contributed by atoms with Crippen LogP contribution in [0.2, 0.25) is 0 Å². The third-order valence-corrected chi connectivity index (χ3v) is 9.19. The predicted molar refractivity (Wildman–Crippen MR) is 184 cm³/mol. The van der Waals surface area contributed by atoms with Crippen LogP contribution in [-0.4, -0.2) is 67.3 Å². The smallest absolute Gasteiger partial charge is 0.186 e. The summed E-state index contributed by atoms with van der Waals surface area (Å²) in [5.74, 6) is 0. The average molecular weight is 629 g/mol. The van der Waals surface area contributed by atoms with Crippen LogP contribution < -0.4 is 0 Å². The van der Waals surface area contributed by atoms with Gasteiger partial charge in [0.1, 0.15) is 24.4 Å². The summed E-state index contributed by atoms with van der Waals surface area (Å²) in [7, 11) is 0. The SMILES string of the molecule is CCCCCCCCCCCCO[C@H]1[C@H](OCCCCCCCC)O[C@H](CO)[C@H](O)[C@@H]1OCCCCCCCCCCCC. The topological polar surface area (TPSA) is 77.4 Å². The summed E-state index contributed by atoms with van der Waals surface area (Å²) in [5, 5.41) is 21.1. The second kappa shape index (κ2) is 31.4. The molecule has 0 unspecified atom stereocenters. The molecule has 44 heavy (non-hydrogen) atoms. The molecule has 6 nitrogen and oxygen atoms in total. The molecule has 0 aromatic heterocycles. The van der Waals surface area contributed by atoms with E-state index in [2.05, 4.69) is 20.8 Å². The van der Waals surface area contributed by atoms with Gasteiger partial charge in [0.05, 0.1) is 6.61 Å². The van der Waals surface area contributed by atoms with Crippen molar-refractivity contribution in [3.8, 4) is 0 Å². The van der Waals surface area contributed by atoms with Crippen LogP contribution >= 0.6 is 0 Å². The molecule has 1 fully saturated rings. The normalized spacial score (nSPS) is 22.2. The molecule has 0 spiro atoms. The summed E-state index contributed by atoms with van der Waals surface area (Å²) in [4.78, 5) is 0. The van der Waals surface area contributed by atoms with Crippen LogP contribution in [0, 0.1) is 0 Å². The Labute approximate surface area is 273 Å². The van der Waals surface area contributed by atoms with E-state index < -0.39 is 30.7 Å². The molecule has 0 amide bonds. The van der Waals surface area contributed by atoms with E-state index in [-0.39, 0.29) is 6.61 Å². The van der Waals surface area contributed by atoms with Crippen molar-refractivity contribution in [2.45, 2.75) is 218 Å². The Bertz CT molecular complexity index is 576. The fourth-order valence-electron chi connectivity index (χ4n) is 6.24. The predicted octanol–water partition coefficient (Wildman–Crippen LogP) is 10.1. The summed E-state index contributed by atoms with van der Waals surface area (Å²) in [6.07, 6.45) is 29.3. The van der Waals surface area contributed by atoms with Crippen molar-refractivity contribution in [2.75, 3.05) is 26.4 Å². The van der Waals surface area contributed by atoms with Crippen LogP contribution in [0.1, 0.15) is 188 Å². The zero-order valence-corrected chi connectivity index (χ0v) is 29.6. The van der Waals surface area contributed by atoms with Gasteiger partial charge in [0.2, 0.25) is 0 Å². The first-order chi connectivity index (χ1) is 21.7. The zero-order chi connectivity index (χ0) is 31.9. The monoisotopic (exact) mass is 629 g/mol. The molecule has 0 radical (unpaired) electrons. The van der Waals surface area contributed by atoms with E-state index in [1.807, 2.05) is 0 Å². The molecule has 0 saturated carbocycles. The molecular weight excluding hydrogens is 552 g/mol. The van der Waals surface area contributed by atoms with Gasteiger partial charge in [-0.05, 0) is 19.3 Å². The van der Waals surface area contributed by atoms with Gasteiger partial charge in [0.15, 0.2) is 6.29 Å². The van der Waals surface area contributed by atoms with Gasteiger partial charge < -0.3 is 29.2 Å². The summed E-state index contributed by atoms with van der Waals surface area (Å²) < 4.78 is 25.0. The van der Waals surface area contributed by atoms with E-state index >= 15 is 0 Å². The van der Waals surface area contributed by atoms with E-state index in [0.29, 0.717) is 19.8 Å². The Hall–Kier alpha value is -0.240. The van der Waals surface area contributed by atoms with Crippen LogP contribution in [0.5, 0.6) is 0 Å². The first-order valence-corrected chi connectivity index (χ1v) is 19.5. The molecule has 1 aliphatic rings. The van der Waals surface area contributed by atoms with E-state index in [1.165, 1.54) is 128 Å². The van der Waals surface area contributed by atoms with Gasteiger partial charge in [-0.25, -0.2) is 0 Å². The number of hydrogen-bond donors (Lipinski definition) is 2. The third kappa shape index (κ3) is 21.5. The highest BCUT2D eigenvalue weighted by Gasteiger charge is 2.47. The molecular formula is C38H76O6. The summed E-state index contributed by atoms with van der Waals surface area (Å²) in [6, 6.07) is 0. The molecule has 6 heteroatoms. The third-order valence-electron chi connectivity index (χ3n) is 9.19. The molecule has 0 bridgehead atoms. The quantitative estimate of drug-likeness (QED) is 0.0704. The van der Waals surface area contributed by atoms with Gasteiger partial charge in [0.25, 0.3) is 0 Å². The van der Waals surface area contributed by atoms with Crippen LogP contribution in [0.15, 0.2) is 0 Å². The van der Waals surface area contributed by atoms with Crippen molar-refractivity contribution in [3.05, 3.63) is 0 Å². The van der Waals surface area contributed by atoms with Gasteiger partial charge in [-0.3, -0.25) is 0 Å². The van der Waals surface area contributed by atoms with Crippen molar-refractivity contribution in [3.63, 3.8) is 0 Å². The van der Waals surface area contributed by atoms with Crippen molar-refractivity contribution < 1.29 is 29.2 Å². The molecule has 1 heterocycles. The molecule has 264 valence electrons. The number of hydrogen-bond acceptors (Lipinski definition) is 6. The minimum Gasteiger partial charge on any atom is -0.394 e. The molecule has 1 rings (SSSR count). The van der Waals surface area contributed by atoms with E-state index in [9.17, 15) is 10.2 Å². The molecule has 1 aliphatic heterocycles. The van der Waals surface area contributed by atoms with Crippen LogP contribution in [0.4, 0.5) is 0 Å². The maximum absolute atomic E-state index is 11.1. The maximum Gasteiger partial charge on any atom is 0.186 e. The first-order valence-electron chi connectivity index (χ1n) is 19.5. The van der Waals surface area contributed by atoms with Gasteiger partial charge in [-0.1, -0.05) is 168 Å². The number of aliphatic hydroxyl groups is 2. The molecule has 1 saturated heterocycles. The number of unbranched alkanes of at least 4 members (excludes halogenated alkanes) is 23. The Morgan fingerprint density at radius 3 is 1.11 bits per heavy atom. The van der Waals surface area contributed by atoms with Gasteiger partial charge in [-0.2, -0.15) is 0 Å². The Morgan fingerprint density at radius 2 is 0.750 bits per heavy atom. The Kier molecular flexibility index (Phi) is 29.8.